The van der Waals surface area contributed by atoms with Gasteiger partial charge in [0.2, 0.25) is 5.91 Å². The third-order valence-electron chi connectivity index (χ3n) is 5.91. The number of aromatic nitrogens is 1. The van der Waals surface area contributed by atoms with E-state index in [1.54, 1.807) is 17.3 Å². The van der Waals surface area contributed by atoms with E-state index < -0.39 is 17.9 Å². The number of amides is 2. The summed E-state index contributed by atoms with van der Waals surface area (Å²) >= 11 is 0. The number of carbonyl (C=O) groups is 2. The summed E-state index contributed by atoms with van der Waals surface area (Å²) in [5.74, 6) is -1.36. The van der Waals surface area contributed by atoms with Crippen LogP contribution in [-0.4, -0.2) is 70.9 Å². The van der Waals surface area contributed by atoms with E-state index in [0.717, 1.165) is 17.0 Å². The molecule has 33 heavy (non-hydrogen) atoms. The Labute approximate surface area is 193 Å². The van der Waals surface area contributed by atoms with Crippen molar-refractivity contribution in [2.45, 2.75) is 32.3 Å². The van der Waals surface area contributed by atoms with E-state index in [9.17, 15) is 14.7 Å². The third-order valence-corrected chi connectivity index (χ3v) is 5.91. The second kappa shape index (κ2) is 12.2. The molecule has 1 aromatic heterocycles. The minimum Gasteiger partial charge on any atom is -0.494 e. The SMILES string of the molecule is CCOc1ccc(CCCC(C(=O)N2CCN(c3ccncc3)CC2)C(O)C(=O)NO)cc1. The number of aryl methyl sites for hydroxylation is 1. The van der Waals surface area contributed by atoms with Crippen LogP contribution in [0.5, 0.6) is 5.75 Å². The molecule has 178 valence electrons. The van der Waals surface area contributed by atoms with Gasteiger partial charge in [0.25, 0.3) is 5.91 Å². The number of aliphatic hydroxyl groups excluding tert-OH is 1. The van der Waals surface area contributed by atoms with Crippen LogP contribution in [0.25, 0.3) is 0 Å². The lowest BCUT2D eigenvalue weighted by Crippen LogP contribution is -2.53. The molecule has 0 bridgehead atoms. The molecule has 2 amide bonds. The second-order valence-electron chi connectivity index (χ2n) is 8.01. The van der Waals surface area contributed by atoms with E-state index in [1.807, 2.05) is 43.3 Å². The van der Waals surface area contributed by atoms with Crippen LogP contribution < -0.4 is 15.1 Å². The molecule has 2 atom stereocenters. The molecule has 1 aliphatic heterocycles. The molecule has 1 aromatic carbocycles. The van der Waals surface area contributed by atoms with Crippen LogP contribution in [0.4, 0.5) is 5.69 Å². The van der Waals surface area contributed by atoms with Gasteiger partial charge in [-0.05, 0) is 56.0 Å². The maximum absolute atomic E-state index is 13.2. The van der Waals surface area contributed by atoms with Gasteiger partial charge < -0.3 is 19.6 Å². The number of hydroxylamine groups is 1. The topological polar surface area (TPSA) is 115 Å². The number of pyridine rings is 1. The number of nitrogens with zero attached hydrogens (tertiary/aromatic N) is 3. The molecule has 0 radical (unpaired) electrons. The molecule has 3 rings (SSSR count). The fourth-order valence-electron chi connectivity index (χ4n) is 4.08. The first-order valence-corrected chi connectivity index (χ1v) is 11.3. The molecule has 2 unspecified atom stereocenters. The molecule has 9 heteroatoms. The average molecular weight is 457 g/mol. The van der Waals surface area contributed by atoms with Crippen LogP contribution in [0.1, 0.15) is 25.3 Å². The zero-order valence-electron chi connectivity index (χ0n) is 18.9. The summed E-state index contributed by atoms with van der Waals surface area (Å²) in [4.78, 5) is 33.0. The zero-order chi connectivity index (χ0) is 23.6. The minimum absolute atomic E-state index is 0.271. The third kappa shape index (κ3) is 6.66. The minimum atomic E-state index is -1.61. The van der Waals surface area contributed by atoms with Gasteiger partial charge in [-0.3, -0.25) is 19.8 Å². The van der Waals surface area contributed by atoms with E-state index >= 15 is 0 Å². The van der Waals surface area contributed by atoms with Gasteiger partial charge in [0, 0.05) is 44.3 Å². The smallest absolute Gasteiger partial charge is 0.272 e. The highest BCUT2D eigenvalue weighted by atomic mass is 16.5. The summed E-state index contributed by atoms with van der Waals surface area (Å²) in [5, 5.41) is 19.4. The molecule has 9 nitrogen and oxygen atoms in total. The van der Waals surface area contributed by atoms with Gasteiger partial charge in [-0.2, -0.15) is 0 Å². The molecule has 0 aliphatic carbocycles. The van der Waals surface area contributed by atoms with Gasteiger partial charge in [0.05, 0.1) is 12.5 Å². The Bertz CT molecular complexity index is 885. The number of benzene rings is 1. The van der Waals surface area contributed by atoms with Crippen molar-refractivity contribution in [1.29, 1.82) is 0 Å². The Morgan fingerprint density at radius 2 is 1.76 bits per heavy atom. The van der Waals surface area contributed by atoms with E-state index in [0.29, 0.717) is 52.0 Å². The molecule has 2 aromatic rings. The van der Waals surface area contributed by atoms with Crippen molar-refractivity contribution >= 4 is 17.5 Å². The van der Waals surface area contributed by atoms with Crippen molar-refractivity contribution in [2.24, 2.45) is 5.92 Å². The molecule has 0 spiro atoms. The van der Waals surface area contributed by atoms with E-state index in [-0.39, 0.29) is 5.91 Å². The first kappa shape index (κ1) is 24.5. The summed E-state index contributed by atoms with van der Waals surface area (Å²) in [7, 11) is 0. The van der Waals surface area contributed by atoms with Gasteiger partial charge in [-0.1, -0.05) is 12.1 Å². The lowest BCUT2D eigenvalue weighted by molar-refractivity contribution is -0.150. The Morgan fingerprint density at radius 1 is 1.09 bits per heavy atom. The highest BCUT2D eigenvalue weighted by molar-refractivity contribution is 5.88. The largest absolute Gasteiger partial charge is 0.494 e. The summed E-state index contributed by atoms with van der Waals surface area (Å²) < 4.78 is 5.45. The Morgan fingerprint density at radius 3 is 2.36 bits per heavy atom. The first-order chi connectivity index (χ1) is 16.0. The average Bonchev–Trinajstić information content (AvgIpc) is 2.87. The van der Waals surface area contributed by atoms with Crippen molar-refractivity contribution in [3.63, 3.8) is 0 Å². The Kier molecular flexibility index (Phi) is 9.03. The van der Waals surface area contributed by atoms with E-state index in [2.05, 4.69) is 9.88 Å². The predicted molar refractivity (Wildman–Crippen MR) is 123 cm³/mol. The number of carbonyl (C=O) groups excluding carboxylic acids is 2. The van der Waals surface area contributed by atoms with Crippen LogP contribution in [0, 0.1) is 5.92 Å². The molecule has 3 N–H and O–H groups in total. The van der Waals surface area contributed by atoms with Crippen LogP contribution in [0.15, 0.2) is 48.8 Å². The van der Waals surface area contributed by atoms with Gasteiger partial charge >= 0.3 is 0 Å². The first-order valence-electron chi connectivity index (χ1n) is 11.3. The van der Waals surface area contributed by atoms with Gasteiger partial charge in [-0.15, -0.1) is 0 Å². The maximum Gasteiger partial charge on any atom is 0.272 e. The molecule has 2 heterocycles. The highest BCUT2D eigenvalue weighted by Gasteiger charge is 2.35. The monoisotopic (exact) mass is 456 g/mol. The van der Waals surface area contributed by atoms with E-state index in [4.69, 9.17) is 9.94 Å². The number of anilines is 1. The van der Waals surface area contributed by atoms with Crippen molar-refractivity contribution in [2.75, 3.05) is 37.7 Å². The summed E-state index contributed by atoms with van der Waals surface area (Å²) in [6.45, 7) is 4.81. The molecule has 0 saturated carbocycles. The van der Waals surface area contributed by atoms with Gasteiger partial charge in [-0.25, -0.2) is 5.48 Å². The van der Waals surface area contributed by atoms with Crippen molar-refractivity contribution in [1.82, 2.24) is 15.4 Å². The molecular formula is C24H32N4O5. The quantitative estimate of drug-likeness (QED) is 0.368. The highest BCUT2D eigenvalue weighted by Crippen LogP contribution is 2.22. The standard InChI is InChI=1S/C24H32N4O5/c1-2-33-20-8-6-18(7-9-20)4-3-5-21(22(29)23(30)26-32)24(31)28-16-14-27(15-17-28)19-10-12-25-13-11-19/h6-13,21-22,29,32H,2-5,14-17H2,1H3,(H,26,30). The van der Waals surface area contributed by atoms with Crippen molar-refractivity contribution in [3.05, 3.63) is 54.4 Å². The fraction of sp³-hybridized carbons (Fsp3) is 0.458. The fourth-order valence-corrected chi connectivity index (χ4v) is 4.08. The zero-order valence-corrected chi connectivity index (χ0v) is 18.9. The number of rotatable bonds is 10. The van der Waals surface area contributed by atoms with Crippen LogP contribution in [-0.2, 0) is 16.0 Å². The molecule has 1 saturated heterocycles. The number of piperazine rings is 1. The Hall–Kier alpha value is -3.17. The van der Waals surface area contributed by atoms with Crippen LogP contribution in [0.3, 0.4) is 0 Å². The van der Waals surface area contributed by atoms with Crippen molar-refractivity contribution in [3.8, 4) is 5.75 Å². The van der Waals surface area contributed by atoms with Gasteiger partial charge in [0.1, 0.15) is 11.9 Å². The van der Waals surface area contributed by atoms with Crippen molar-refractivity contribution < 1.29 is 24.6 Å². The van der Waals surface area contributed by atoms with Gasteiger partial charge in [0.15, 0.2) is 0 Å². The number of ether oxygens (including phenoxy) is 1. The van der Waals surface area contributed by atoms with Crippen LogP contribution >= 0.6 is 0 Å². The van der Waals surface area contributed by atoms with E-state index in [1.165, 1.54) is 5.48 Å². The molecule has 1 fully saturated rings. The normalized spacial score (nSPS) is 15.6. The van der Waals surface area contributed by atoms with Crippen LogP contribution in [0.2, 0.25) is 0 Å². The lowest BCUT2D eigenvalue weighted by Gasteiger charge is -2.38. The molecule has 1 aliphatic rings. The number of aliphatic hydroxyl groups is 1. The number of hydrogen-bond donors (Lipinski definition) is 3. The summed E-state index contributed by atoms with van der Waals surface area (Å²) in [5.41, 5.74) is 3.60. The predicted octanol–water partition coefficient (Wildman–Crippen LogP) is 1.63. The number of nitrogens with one attached hydrogen (secondary N) is 1. The molecular weight excluding hydrogens is 424 g/mol. The summed E-state index contributed by atoms with van der Waals surface area (Å²) in [6.07, 6.45) is 3.48. The summed E-state index contributed by atoms with van der Waals surface area (Å²) in [6, 6.07) is 11.6. The Balaban J connectivity index is 1.59. The lowest BCUT2D eigenvalue weighted by atomic mass is 9.92. The maximum atomic E-state index is 13.2. The second-order valence-corrected chi connectivity index (χ2v) is 8.01. The number of hydrogen-bond acceptors (Lipinski definition) is 7.